The predicted octanol–water partition coefficient (Wildman–Crippen LogP) is 2.37. The third-order valence-electron chi connectivity index (χ3n) is 3.31. The van der Waals surface area contributed by atoms with Crippen LogP contribution >= 0.6 is 47.4 Å². The summed E-state index contributed by atoms with van der Waals surface area (Å²) in [5.41, 5.74) is 0. The fourth-order valence-electron chi connectivity index (χ4n) is 2.12. The summed E-state index contributed by atoms with van der Waals surface area (Å²) in [6.45, 7) is 1.09. The maximum atomic E-state index is 11.8. The van der Waals surface area contributed by atoms with Gasteiger partial charge in [-0.1, -0.05) is 29.3 Å². The molecule has 2 atom stereocenters. The van der Waals surface area contributed by atoms with E-state index in [4.69, 9.17) is 27.9 Å². The Balaban J connectivity index is 0.00000288. The standard InChI is InChI=1S/C15H20Cl2N2O3S.ClH/c16-12-2-1-3-13(15(12)17)22-8-11(20)7-19-14(21)6-10-9-23-5-4-18-10;/h1-3,10-11,18,20H,4-9H2,(H,19,21);1H. The van der Waals surface area contributed by atoms with Crippen LogP contribution in [0.4, 0.5) is 0 Å². The number of rotatable bonds is 7. The van der Waals surface area contributed by atoms with Crippen LogP contribution < -0.4 is 15.4 Å². The first-order valence-corrected chi connectivity index (χ1v) is 9.30. The lowest BCUT2D eigenvalue weighted by molar-refractivity contribution is -0.122. The lowest BCUT2D eigenvalue weighted by Gasteiger charge is -2.22. The number of nitrogens with one attached hydrogen (secondary N) is 2. The molecular formula is C15H21Cl3N2O3S. The Kier molecular flexibility index (Phi) is 10.2. The van der Waals surface area contributed by atoms with Crippen LogP contribution in [0.2, 0.25) is 10.0 Å². The largest absolute Gasteiger partial charge is 0.489 e. The van der Waals surface area contributed by atoms with E-state index in [1.165, 1.54) is 0 Å². The van der Waals surface area contributed by atoms with E-state index in [9.17, 15) is 9.90 Å². The molecule has 5 nitrogen and oxygen atoms in total. The van der Waals surface area contributed by atoms with Gasteiger partial charge in [0.1, 0.15) is 23.5 Å². The predicted molar refractivity (Wildman–Crippen MR) is 102 cm³/mol. The lowest BCUT2D eigenvalue weighted by Crippen LogP contribution is -2.43. The van der Waals surface area contributed by atoms with E-state index in [-0.39, 0.29) is 37.5 Å². The van der Waals surface area contributed by atoms with Crippen molar-refractivity contribution in [3.05, 3.63) is 28.2 Å². The first kappa shape index (κ1) is 21.7. The van der Waals surface area contributed by atoms with Crippen molar-refractivity contribution >= 4 is 53.3 Å². The second-order valence-corrected chi connectivity index (χ2v) is 7.19. The summed E-state index contributed by atoms with van der Waals surface area (Å²) in [6.07, 6.45) is -0.400. The van der Waals surface area contributed by atoms with Crippen molar-refractivity contribution < 1.29 is 14.6 Å². The molecule has 3 N–H and O–H groups in total. The van der Waals surface area contributed by atoms with Crippen molar-refractivity contribution in [3.8, 4) is 5.75 Å². The molecule has 1 aliphatic rings. The van der Waals surface area contributed by atoms with Crippen molar-refractivity contribution in [2.24, 2.45) is 0 Å². The molecule has 24 heavy (non-hydrogen) atoms. The highest BCUT2D eigenvalue weighted by Gasteiger charge is 2.17. The number of hydrogen-bond acceptors (Lipinski definition) is 5. The molecule has 0 saturated carbocycles. The topological polar surface area (TPSA) is 70.6 Å². The molecule has 0 spiro atoms. The van der Waals surface area contributed by atoms with E-state index in [2.05, 4.69) is 10.6 Å². The van der Waals surface area contributed by atoms with Crippen molar-refractivity contribution in [1.29, 1.82) is 0 Å². The molecule has 1 fully saturated rings. The van der Waals surface area contributed by atoms with Gasteiger partial charge >= 0.3 is 0 Å². The van der Waals surface area contributed by atoms with Crippen LogP contribution in [0.5, 0.6) is 5.75 Å². The van der Waals surface area contributed by atoms with E-state index in [0.717, 1.165) is 18.1 Å². The molecule has 1 saturated heterocycles. The van der Waals surface area contributed by atoms with Gasteiger partial charge in [0.2, 0.25) is 5.91 Å². The van der Waals surface area contributed by atoms with E-state index in [1.807, 2.05) is 11.8 Å². The Hall–Kier alpha value is -0.370. The minimum Gasteiger partial charge on any atom is -0.489 e. The van der Waals surface area contributed by atoms with Crippen molar-refractivity contribution in [1.82, 2.24) is 10.6 Å². The van der Waals surface area contributed by atoms with Crippen molar-refractivity contribution in [3.63, 3.8) is 0 Å². The molecular weight excluding hydrogens is 395 g/mol. The van der Waals surface area contributed by atoms with Gasteiger partial charge in [0.15, 0.2) is 0 Å². The SMILES string of the molecule is Cl.O=C(CC1CSCCN1)NCC(O)COc1cccc(Cl)c1Cl. The average molecular weight is 416 g/mol. The summed E-state index contributed by atoms with van der Waals surface area (Å²) in [4.78, 5) is 11.8. The molecule has 136 valence electrons. The van der Waals surface area contributed by atoms with Crippen molar-refractivity contribution in [2.75, 3.05) is 31.2 Å². The molecule has 9 heteroatoms. The number of amides is 1. The fraction of sp³-hybridized carbons (Fsp3) is 0.533. The van der Waals surface area contributed by atoms with E-state index >= 15 is 0 Å². The first-order valence-electron chi connectivity index (χ1n) is 7.39. The van der Waals surface area contributed by atoms with Gasteiger partial charge in [0, 0.05) is 37.1 Å². The summed E-state index contributed by atoms with van der Waals surface area (Å²) in [5.74, 6) is 2.35. The number of thioether (sulfide) groups is 1. The zero-order chi connectivity index (χ0) is 16.7. The highest BCUT2D eigenvalue weighted by atomic mass is 35.5. The minimum atomic E-state index is -0.817. The highest BCUT2D eigenvalue weighted by molar-refractivity contribution is 7.99. The van der Waals surface area contributed by atoms with Gasteiger partial charge in [-0.05, 0) is 12.1 Å². The Morgan fingerprint density at radius 3 is 3.00 bits per heavy atom. The number of ether oxygens (including phenoxy) is 1. The van der Waals surface area contributed by atoms with Crippen LogP contribution in [0.25, 0.3) is 0 Å². The van der Waals surface area contributed by atoms with Gasteiger partial charge in [0.05, 0.1) is 5.02 Å². The summed E-state index contributed by atoms with van der Waals surface area (Å²) in [6, 6.07) is 5.25. The van der Waals surface area contributed by atoms with Crippen LogP contribution in [0.15, 0.2) is 18.2 Å². The summed E-state index contributed by atoms with van der Waals surface area (Å²) in [5, 5.41) is 16.6. The monoisotopic (exact) mass is 414 g/mol. The number of hydrogen-bond donors (Lipinski definition) is 3. The number of aliphatic hydroxyl groups is 1. The van der Waals surface area contributed by atoms with Crippen LogP contribution in [0.3, 0.4) is 0 Å². The normalized spacial score (nSPS) is 18.4. The molecule has 2 rings (SSSR count). The van der Waals surface area contributed by atoms with Crippen LogP contribution in [-0.4, -0.2) is 54.4 Å². The van der Waals surface area contributed by atoms with E-state index in [0.29, 0.717) is 22.2 Å². The average Bonchev–Trinajstić information content (AvgIpc) is 2.55. The number of carbonyl (C=O) groups excluding carboxylic acids is 1. The van der Waals surface area contributed by atoms with Gasteiger partial charge in [0.25, 0.3) is 0 Å². The number of aliphatic hydroxyl groups excluding tert-OH is 1. The summed E-state index contributed by atoms with van der Waals surface area (Å²) < 4.78 is 5.43. The molecule has 1 aromatic rings. The third-order valence-corrected chi connectivity index (χ3v) is 5.24. The first-order chi connectivity index (χ1) is 11.1. The maximum Gasteiger partial charge on any atom is 0.221 e. The Morgan fingerprint density at radius 2 is 2.29 bits per heavy atom. The third kappa shape index (κ3) is 7.25. The molecule has 0 aliphatic carbocycles. The summed E-state index contributed by atoms with van der Waals surface area (Å²) in [7, 11) is 0. The van der Waals surface area contributed by atoms with Gasteiger partial charge < -0.3 is 20.5 Å². The Bertz CT molecular complexity index is 531. The van der Waals surface area contributed by atoms with Crippen molar-refractivity contribution in [2.45, 2.75) is 18.6 Å². The number of carbonyl (C=O) groups is 1. The van der Waals surface area contributed by atoms with Gasteiger partial charge in [-0.2, -0.15) is 11.8 Å². The molecule has 1 heterocycles. The lowest BCUT2D eigenvalue weighted by atomic mass is 10.2. The smallest absolute Gasteiger partial charge is 0.221 e. The highest BCUT2D eigenvalue weighted by Crippen LogP contribution is 2.31. The van der Waals surface area contributed by atoms with Crippen LogP contribution in [0, 0.1) is 0 Å². The zero-order valence-corrected chi connectivity index (χ0v) is 16.1. The Morgan fingerprint density at radius 1 is 1.50 bits per heavy atom. The molecule has 1 aliphatic heterocycles. The maximum absolute atomic E-state index is 11.8. The molecule has 0 bridgehead atoms. The zero-order valence-electron chi connectivity index (χ0n) is 13.0. The van der Waals surface area contributed by atoms with Crippen LogP contribution in [-0.2, 0) is 4.79 Å². The second kappa shape index (κ2) is 11.3. The summed E-state index contributed by atoms with van der Waals surface area (Å²) >= 11 is 13.7. The Labute approximate surface area is 162 Å². The molecule has 1 amide bonds. The quantitative estimate of drug-likeness (QED) is 0.638. The number of halogens is 3. The minimum absolute atomic E-state index is 0. The van der Waals surface area contributed by atoms with E-state index in [1.54, 1.807) is 18.2 Å². The van der Waals surface area contributed by atoms with Crippen LogP contribution in [0.1, 0.15) is 6.42 Å². The molecule has 0 radical (unpaired) electrons. The van der Waals surface area contributed by atoms with Gasteiger partial charge in [-0.25, -0.2) is 0 Å². The second-order valence-electron chi connectivity index (χ2n) is 5.25. The van der Waals surface area contributed by atoms with Gasteiger partial charge in [-0.3, -0.25) is 4.79 Å². The molecule has 2 unspecified atom stereocenters. The molecule has 0 aromatic heterocycles. The number of benzene rings is 1. The molecule has 1 aromatic carbocycles. The fourth-order valence-corrected chi connectivity index (χ4v) is 3.41. The van der Waals surface area contributed by atoms with E-state index < -0.39 is 6.10 Å². The van der Waals surface area contributed by atoms with Gasteiger partial charge in [-0.15, -0.1) is 12.4 Å².